The lowest BCUT2D eigenvalue weighted by Gasteiger charge is -2.15. The molecule has 1 atom stereocenters. The first-order valence-corrected chi connectivity index (χ1v) is 6.90. The minimum atomic E-state index is 0.00260. The van der Waals surface area contributed by atoms with Crippen molar-refractivity contribution < 1.29 is 5.21 Å². The first-order chi connectivity index (χ1) is 10.1. The van der Waals surface area contributed by atoms with Gasteiger partial charge in [0.1, 0.15) is 5.69 Å². The van der Waals surface area contributed by atoms with Gasteiger partial charge in [0, 0.05) is 23.8 Å². The van der Waals surface area contributed by atoms with Gasteiger partial charge in [-0.05, 0) is 36.2 Å². The Balaban J connectivity index is 2.10. The Morgan fingerprint density at radius 1 is 1.43 bits per heavy atom. The van der Waals surface area contributed by atoms with Crippen LogP contribution in [-0.4, -0.2) is 16.0 Å². The molecule has 6 heteroatoms. The van der Waals surface area contributed by atoms with Gasteiger partial charge in [-0.15, -0.1) is 0 Å². The van der Waals surface area contributed by atoms with Gasteiger partial charge in [-0.3, -0.25) is 4.98 Å². The molecule has 0 unspecified atom stereocenters. The molecule has 0 amide bonds. The normalized spacial score (nSPS) is 13.1. The van der Waals surface area contributed by atoms with Crippen molar-refractivity contribution in [2.75, 3.05) is 0 Å². The standard InChI is InChI=1S/C15H17ClN4O/c1-10(11-4-2-6-13(16)8-11)19-9-12-5-3-7-18-14(12)15(17)20-21/h2-8,10,19,21H,9H2,1H3,(H2,17,20)/t10-/m0/s1. The van der Waals surface area contributed by atoms with Crippen molar-refractivity contribution in [1.82, 2.24) is 10.3 Å². The molecule has 0 aliphatic heterocycles. The van der Waals surface area contributed by atoms with Crippen LogP contribution in [0.4, 0.5) is 0 Å². The van der Waals surface area contributed by atoms with Crippen molar-refractivity contribution in [3.63, 3.8) is 0 Å². The second-order valence-corrected chi connectivity index (χ2v) is 5.09. The van der Waals surface area contributed by atoms with Gasteiger partial charge in [0.15, 0.2) is 5.84 Å². The fourth-order valence-electron chi connectivity index (χ4n) is 2.02. The number of benzene rings is 1. The van der Waals surface area contributed by atoms with Gasteiger partial charge in [-0.25, -0.2) is 0 Å². The quantitative estimate of drug-likeness (QED) is 0.343. The summed E-state index contributed by atoms with van der Waals surface area (Å²) in [5.74, 6) is 0.00260. The van der Waals surface area contributed by atoms with E-state index in [1.165, 1.54) is 0 Å². The first-order valence-electron chi connectivity index (χ1n) is 6.52. The average molecular weight is 305 g/mol. The maximum absolute atomic E-state index is 8.79. The van der Waals surface area contributed by atoms with Crippen molar-refractivity contribution in [3.05, 3.63) is 64.4 Å². The monoisotopic (exact) mass is 304 g/mol. The van der Waals surface area contributed by atoms with Crippen molar-refractivity contribution in [2.24, 2.45) is 10.9 Å². The van der Waals surface area contributed by atoms with E-state index in [1.807, 2.05) is 43.3 Å². The van der Waals surface area contributed by atoms with Crippen molar-refractivity contribution in [2.45, 2.75) is 19.5 Å². The molecule has 0 fully saturated rings. The third-order valence-electron chi connectivity index (χ3n) is 3.19. The number of rotatable bonds is 5. The van der Waals surface area contributed by atoms with Crippen LogP contribution in [0.15, 0.2) is 47.8 Å². The number of hydrogen-bond acceptors (Lipinski definition) is 4. The lowest BCUT2D eigenvalue weighted by Crippen LogP contribution is -2.23. The molecule has 0 bridgehead atoms. The molecule has 0 saturated carbocycles. The highest BCUT2D eigenvalue weighted by Gasteiger charge is 2.10. The lowest BCUT2D eigenvalue weighted by atomic mass is 10.1. The number of nitrogens with zero attached hydrogens (tertiary/aromatic N) is 2. The minimum absolute atomic E-state index is 0.00260. The maximum atomic E-state index is 8.79. The van der Waals surface area contributed by atoms with E-state index in [0.29, 0.717) is 17.3 Å². The molecule has 0 aliphatic carbocycles. The Labute approximate surface area is 128 Å². The molecule has 0 saturated heterocycles. The van der Waals surface area contributed by atoms with Crippen LogP contribution in [0.2, 0.25) is 5.02 Å². The molecule has 21 heavy (non-hydrogen) atoms. The predicted octanol–water partition coefficient (Wildman–Crippen LogP) is 2.68. The summed E-state index contributed by atoms with van der Waals surface area (Å²) >= 11 is 5.99. The topological polar surface area (TPSA) is 83.5 Å². The number of oxime groups is 1. The Kier molecular flexibility index (Phi) is 5.14. The summed E-state index contributed by atoms with van der Waals surface area (Å²) in [6, 6.07) is 11.5. The first kappa shape index (κ1) is 15.3. The van der Waals surface area contributed by atoms with Crippen LogP contribution in [0.1, 0.15) is 29.8 Å². The Bertz CT molecular complexity index is 645. The molecule has 0 spiro atoms. The third-order valence-corrected chi connectivity index (χ3v) is 3.42. The molecular formula is C15H17ClN4O. The van der Waals surface area contributed by atoms with Crippen molar-refractivity contribution >= 4 is 17.4 Å². The molecule has 2 rings (SSSR count). The highest BCUT2D eigenvalue weighted by molar-refractivity contribution is 6.30. The third kappa shape index (κ3) is 3.93. The van der Waals surface area contributed by atoms with E-state index in [4.69, 9.17) is 22.5 Å². The zero-order valence-electron chi connectivity index (χ0n) is 11.6. The number of nitrogens with two attached hydrogens (primary N) is 1. The Morgan fingerprint density at radius 2 is 2.24 bits per heavy atom. The van der Waals surface area contributed by atoms with Gasteiger partial charge in [0.05, 0.1) is 0 Å². The number of pyridine rings is 1. The van der Waals surface area contributed by atoms with E-state index in [1.54, 1.807) is 6.20 Å². The lowest BCUT2D eigenvalue weighted by molar-refractivity contribution is 0.318. The molecule has 5 nitrogen and oxygen atoms in total. The summed E-state index contributed by atoms with van der Waals surface area (Å²) in [5, 5.41) is 15.9. The van der Waals surface area contributed by atoms with E-state index in [2.05, 4.69) is 15.5 Å². The van der Waals surface area contributed by atoms with Crippen LogP contribution >= 0.6 is 11.6 Å². The second kappa shape index (κ2) is 7.06. The summed E-state index contributed by atoms with van der Waals surface area (Å²) in [5.41, 5.74) is 8.06. The van der Waals surface area contributed by atoms with Gasteiger partial charge >= 0.3 is 0 Å². The van der Waals surface area contributed by atoms with Crippen LogP contribution in [0.3, 0.4) is 0 Å². The fourth-order valence-corrected chi connectivity index (χ4v) is 2.21. The van der Waals surface area contributed by atoms with Crippen molar-refractivity contribution in [3.8, 4) is 0 Å². The summed E-state index contributed by atoms with van der Waals surface area (Å²) in [6.45, 7) is 2.60. The molecule has 1 aromatic carbocycles. The van der Waals surface area contributed by atoms with E-state index >= 15 is 0 Å². The van der Waals surface area contributed by atoms with E-state index in [9.17, 15) is 0 Å². The van der Waals surface area contributed by atoms with E-state index in [-0.39, 0.29) is 11.9 Å². The second-order valence-electron chi connectivity index (χ2n) is 4.65. The van der Waals surface area contributed by atoms with E-state index < -0.39 is 0 Å². The highest BCUT2D eigenvalue weighted by Crippen LogP contribution is 2.18. The number of hydrogen-bond donors (Lipinski definition) is 3. The molecule has 4 N–H and O–H groups in total. The Hall–Kier alpha value is -2.11. The number of nitrogens with one attached hydrogen (secondary N) is 1. The highest BCUT2D eigenvalue weighted by atomic mass is 35.5. The number of amidine groups is 1. The van der Waals surface area contributed by atoms with Gasteiger partial charge in [0.25, 0.3) is 0 Å². The van der Waals surface area contributed by atoms with Gasteiger partial charge in [0.2, 0.25) is 0 Å². The van der Waals surface area contributed by atoms with Gasteiger partial charge < -0.3 is 16.3 Å². The van der Waals surface area contributed by atoms with Gasteiger partial charge in [-0.2, -0.15) is 0 Å². The molecule has 1 heterocycles. The van der Waals surface area contributed by atoms with Crippen LogP contribution in [0.25, 0.3) is 0 Å². The summed E-state index contributed by atoms with van der Waals surface area (Å²) in [6.07, 6.45) is 1.61. The zero-order chi connectivity index (χ0) is 15.2. The zero-order valence-corrected chi connectivity index (χ0v) is 12.4. The molecule has 110 valence electrons. The largest absolute Gasteiger partial charge is 0.409 e. The summed E-state index contributed by atoms with van der Waals surface area (Å²) < 4.78 is 0. The summed E-state index contributed by atoms with van der Waals surface area (Å²) in [7, 11) is 0. The minimum Gasteiger partial charge on any atom is -0.409 e. The molecule has 2 aromatic rings. The van der Waals surface area contributed by atoms with Crippen molar-refractivity contribution in [1.29, 1.82) is 0 Å². The fraction of sp³-hybridized carbons (Fsp3) is 0.200. The van der Waals surface area contributed by atoms with Crippen LogP contribution in [0.5, 0.6) is 0 Å². The number of aromatic nitrogens is 1. The smallest absolute Gasteiger partial charge is 0.189 e. The predicted molar refractivity (Wildman–Crippen MR) is 83.5 cm³/mol. The van der Waals surface area contributed by atoms with Crippen LogP contribution in [-0.2, 0) is 6.54 Å². The SMILES string of the molecule is C[C@H](NCc1cccnc1/C(N)=N/O)c1cccc(Cl)c1. The van der Waals surface area contributed by atoms with Crippen LogP contribution in [0, 0.1) is 0 Å². The molecule has 0 radical (unpaired) electrons. The molecule has 1 aromatic heterocycles. The summed E-state index contributed by atoms with van der Waals surface area (Å²) in [4.78, 5) is 4.14. The number of halogens is 1. The van der Waals surface area contributed by atoms with E-state index in [0.717, 1.165) is 11.1 Å². The Morgan fingerprint density at radius 3 is 2.95 bits per heavy atom. The van der Waals surface area contributed by atoms with Gasteiger partial charge in [-0.1, -0.05) is 35.0 Å². The maximum Gasteiger partial charge on any atom is 0.189 e. The van der Waals surface area contributed by atoms with Crippen LogP contribution < -0.4 is 11.1 Å². The molecular weight excluding hydrogens is 288 g/mol. The molecule has 0 aliphatic rings. The average Bonchev–Trinajstić information content (AvgIpc) is 2.52.